The number of benzene rings is 2. The van der Waals surface area contributed by atoms with E-state index in [1.807, 2.05) is 49.4 Å². The van der Waals surface area contributed by atoms with E-state index < -0.39 is 11.1 Å². The molecule has 0 aliphatic carbocycles. The zero-order valence-electron chi connectivity index (χ0n) is 20.9. The molecular formula is C25H33N5O4S. The smallest absolute Gasteiger partial charge is 0.313 e. The Morgan fingerprint density at radius 2 is 1.80 bits per heavy atom. The van der Waals surface area contributed by atoms with E-state index in [0.717, 1.165) is 11.1 Å². The quantitative estimate of drug-likeness (QED) is 0.0880. The molecule has 188 valence electrons. The fourth-order valence-corrected chi connectivity index (χ4v) is 3.60. The third-order valence-corrected chi connectivity index (χ3v) is 5.44. The molecule has 0 bridgehead atoms. The van der Waals surface area contributed by atoms with Crippen molar-refractivity contribution >= 4 is 23.3 Å². The molecular weight excluding hydrogens is 466 g/mol. The van der Waals surface area contributed by atoms with Crippen molar-refractivity contribution in [3.05, 3.63) is 70.1 Å². The summed E-state index contributed by atoms with van der Waals surface area (Å²) in [6.07, 6.45) is 0.380. The SMILES string of the molecule is COc1cc(CN(C(N)=S)[C@@](C)(Cc2ccccc2)OC(=O)C(C)(C)C)ccc1OCCN=[N+]=[N-]. The van der Waals surface area contributed by atoms with Crippen molar-refractivity contribution in [2.24, 2.45) is 16.3 Å². The lowest BCUT2D eigenvalue weighted by Gasteiger charge is -2.42. The molecule has 0 spiro atoms. The normalized spacial score (nSPS) is 12.6. The summed E-state index contributed by atoms with van der Waals surface area (Å²) in [5.74, 6) is 0.652. The molecule has 0 aromatic heterocycles. The Bertz CT molecular complexity index is 1070. The first-order valence-corrected chi connectivity index (χ1v) is 11.6. The third kappa shape index (κ3) is 8.05. The van der Waals surface area contributed by atoms with Gasteiger partial charge >= 0.3 is 5.97 Å². The van der Waals surface area contributed by atoms with E-state index >= 15 is 0 Å². The lowest BCUT2D eigenvalue weighted by molar-refractivity contribution is -0.183. The Morgan fingerprint density at radius 1 is 1.11 bits per heavy atom. The zero-order chi connectivity index (χ0) is 26.1. The van der Waals surface area contributed by atoms with Crippen molar-refractivity contribution in [3.8, 4) is 11.5 Å². The van der Waals surface area contributed by atoms with Gasteiger partial charge < -0.3 is 24.8 Å². The van der Waals surface area contributed by atoms with Crippen LogP contribution in [0.15, 0.2) is 53.6 Å². The van der Waals surface area contributed by atoms with Gasteiger partial charge in [0, 0.05) is 17.9 Å². The Hall–Kier alpha value is -3.49. The van der Waals surface area contributed by atoms with Crippen LogP contribution in [-0.2, 0) is 22.5 Å². The highest BCUT2D eigenvalue weighted by atomic mass is 32.1. The molecule has 2 aromatic carbocycles. The molecule has 0 saturated carbocycles. The predicted octanol–water partition coefficient (Wildman–Crippen LogP) is 4.98. The number of carbonyl (C=O) groups is 1. The summed E-state index contributed by atoms with van der Waals surface area (Å²) in [4.78, 5) is 17.4. The van der Waals surface area contributed by atoms with Gasteiger partial charge in [-0.2, -0.15) is 0 Å². The number of azide groups is 1. The Balaban J connectivity index is 2.38. The first-order valence-electron chi connectivity index (χ1n) is 11.1. The van der Waals surface area contributed by atoms with Gasteiger partial charge in [0.1, 0.15) is 0 Å². The topological polar surface area (TPSA) is 123 Å². The number of nitrogens with zero attached hydrogens (tertiary/aromatic N) is 4. The lowest BCUT2D eigenvalue weighted by atomic mass is 9.96. The molecule has 0 heterocycles. The minimum absolute atomic E-state index is 0.0961. The van der Waals surface area contributed by atoms with Gasteiger partial charge in [-0.25, -0.2) is 0 Å². The fraction of sp³-hybridized carbons (Fsp3) is 0.440. The first kappa shape index (κ1) is 27.8. The van der Waals surface area contributed by atoms with Crippen molar-refractivity contribution < 1.29 is 19.0 Å². The highest BCUT2D eigenvalue weighted by Gasteiger charge is 2.40. The van der Waals surface area contributed by atoms with Crippen LogP contribution in [0, 0.1) is 5.41 Å². The molecule has 0 amide bonds. The average Bonchev–Trinajstić information content (AvgIpc) is 2.80. The maximum absolute atomic E-state index is 12.9. The molecule has 0 aliphatic rings. The Kier molecular flexibility index (Phi) is 9.74. The van der Waals surface area contributed by atoms with Crippen LogP contribution in [0.4, 0.5) is 0 Å². The second-order valence-corrected chi connectivity index (χ2v) is 9.61. The number of hydrogen-bond donors (Lipinski definition) is 1. The Morgan fingerprint density at radius 3 is 2.37 bits per heavy atom. The highest BCUT2D eigenvalue weighted by molar-refractivity contribution is 7.80. The van der Waals surface area contributed by atoms with Crippen molar-refractivity contribution in [1.29, 1.82) is 0 Å². The summed E-state index contributed by atoms with van der Waals surface area (Å²) in [6.45, 7) is 7.90. The fourth-order valence-electron chi connectivity index (χ4n) is 3.35. The minimum atomic E-state index is -1.14. The summed E-state index contributed by atoms with van der Waals surface area (Å²) in [5, 5.41) is 3.56. The zero-order valence-corrected chi connectivity index (χ0v) is 21.7. The molecule has 0 aliphatic heterocycles. The number of esters is 1. The van der Waals surface area contributed by atoms with E-state index in [0.29, 0.717) is 17.9 Å². The van der Waals surface area contributed by atoms with Crippen molar-refractivity contribution in [2.45, 2.75) is 46.4 Å². The summed E-state index contributed by atoms with van der Waals surface area (Å²) >= 11 is 5.41. The van der Waals surface area contributed by atoms with E-state index in [1.165, 1.54) is 7.11 Å². The van der Waals surface area contributed by atoms with Crippen LogP contribution in [0.1, 0.15) is 38.8 Å². The second-order valence-electron chi connectivity index (χ2n) is 9.19. The largest absolute Gasteiger partial charge is 0.493 e. The van der Waals surface area contributed by atoms with Crippen LogP contribution in [0.25, 0.3) is 10.4 Å². The first-order chi connectivity index (χ1) is 16.5. The summed E-state index contributed by atoms with van der Waals surface area (Å²) in [7, 11) is 1.54. The van der Waals surface area contributed by atoms with Crippen LogP contribution < -0.4 is 15.2 Å². The van der Waals surface area contributed by atoms with E-state index in [1.54, 1.807) is 31.7 Å². The molecule has 0 radical (unpaired) electrons. The molecule has 0 saturated heterocycles. The van der Waals surface area contributed by atoms with Crippen molar-refractivity contribution in [1.82, 2.24) is 4.90 Å². The van der Waals surface area contributed by atoms with Gasteiger partial charge in [-0.15, -0.1) is 0 Å². The maximum Gasteiger partial charge on any atom is 0.313 e. The number of nitrogens with two attached hydrogens (primary N) is 1. The van der Waals surface area contributed by atoms with E-state index in [2.05, 4.69) is 10.0 Å². The third-order valence-electron chi connectivity index (χ3n) is 5.22. The van der Waals surface area contributed by atoms with Gasteiger partial charge in [0.25, 0.3) is 0 Å². The minimum Gasteiger partial charge on any atom is -0.493 e. The van der Waals surface area contributed by atoms with Gasteiger partial charge in [-0.3, -0.25) is 4.79 Å². The lowest BCUT2D eigenvalue weighted by Crippen LogP contribution is -2.56. The number of carbonyl (C=O) groups excluding carboxylic acids is 1. The van der Waals surface area contributed by atoms with Crippen molar-refractivity contribution in [3.63, 3.8) is 0 Å². The Labute approximate surface area is 211 Å². The molecule has 0 fully saturated rings. The molecule has 2 aromatic rings. The van der Waals surface area contributed by atoms with E-state index in [-0.39, 0.29) is 30.8 Å². The van der Waals surface area contributed by atoms with Crippen LogP contribution in [-0.4, -0.2) is 42.0 Å². The molecule has 0 unspecified atom stereocenters. The van der Waals surface area contributed by atoms with Gasteiger partial charge in [0.15, 0.2) is 22.3 Å². The van der Waals surface area contributed by atoms with Crippen LogP contribution in [0.3, 0.4) is 0 Å². The summed E-state index contributed by atoms with van der Waals surface area (Å²) in [5.41, 5.74) is 14.5. The molecule has 2 rings (SSSR count). The maximum atomic E-state index is 12.9. The number of thiocarbonyl (C=S) groups is 1. The summed E-state index contributed by atoms with van der Waals surface area (Å²) in [6, 6.07) is 15.1. The highest BCUT2D eigenvalue weighted by Crippen LogP contribution is 2.32. The van der Waals surface area contributed by atoms with Crippen LogP contribution >= 0.6 is 12.2 Å². The van der Waals surface area contributed by atoms with Crippen molar-refractivity contribution in [2.75, 3.05) is 20.3 Å². The molecule has 2 N–H and O–H groups in total. The monoisotopic (exact) mass is 499 g/mol. The van der Waals surface area contributed by atoms with Crippen LogP contribution in [0.2, 0.25) is 0 Å². The second kappa shape index (κ2) is 12.3. The predicted molar refractivity (Wildman–Crippen MR) is 139 cm³/mol. The van der Waals surface area contributed by atoms with Gasteiger partial charge in [-0.1, -0.05) is 41.5 Å². The van der Waals surface area contributed by atoms with Crippen LogP contribution in [0.5, 0.6) is 11.5 Å². The van der Waals surface area contributed by atoms with E-state index in [4.69, 9.17) is 37.7 Å². The van der Waals surface area contributed by atoms with Gasteiger partial charge in [-0.05, 0) is 68.7 Å². The standard InChI is InChI=1S/C25H33N5O4S/c1-24(2,3)22(31)34-25(4,16-18-9-7-6-8-10-18)30(23(26)35)17-19-11-12-20(21(15-19)32-5)33-14-13-28-29-27/h6-12,15H,13-14,16-17H2,1-5H3,(H2,26,35)/t25-/m1/s1. The summed E-state index contributed by atoms with van der Waals surface area (Å²) < 4.78 is 17.2. The number of rotatable bonds is 11. The molecule has 35 heavy (non-hydrogen) atoms. The number of hydrogen-bond acceptors (Lipinski definition) is 6. The van der Waals surface area contributed by atoms with E-state index in [9.17, 15) is 4.79 Å². The molecule has 9 nitrogen and oxygen atoms in total. The number of ether oxygens (including phenoxy) is 3. The number of methoxy groups -OCH3 is 1. The molecule has 1 atom stereocenters. The molecule has 10 heteroatoms. The van der Waals surface area contributed by atoms with Gasteiger partial charge in [0.05, 0.1) is 25.7 Å². The average molecular weight is 500 g/mol. The van der Waals surface area contributed by atoms with Gasteiger partial charge in [0.2, 0.25) is 0 Å².